The second-order valence-electron chi connectivity index (χ2n) is 4.09. The first-order valence-electron chi connectivity index (χ1n) is 5.60. The van der Waals surface area contributed by atoms with Gasteiger partial charge < -0.3 is 0 Å². The van der Waals surface area contributed by atoms with Gasteiger partial charge in [0.15, 0.2) is 0 Å². The third kappa shape index (κ3) is 2.67. The number of benzene rings is 1. The van der Waals surface area contributed by atoms with E-state index >= 15 is 0 Å². The molecule has 1 aliphatic rings. The molecule has 1 N–H and O–H groups in total. The summed E-state index contributed by atoms with van der Waals surface area (Å²) in [4.78, 5) is 11.3. The van der Waals surface area contributed by atoms with Crippen molar-refractivity contribution in [3.8, 4) is 0 Å². The van der Waals surface area contributed by atoms with Crippen LogP contribution < -0.4 is 5.01 Å². The molecule has 0 aliphatic carbocycles. The number of hydrogen-bond acceptors (Lipinski definition) is 4. The summed E-state index contributed by atoms with van der Waals surface area (Å²) in [5.41, 5.74) is 0.874. The van der Waals surface area contributed by atoms with Crippen molar-refractivity contribution in [1.29, 1.82) is 0 Å². The molecular formula is C11H10Cl2N2O4S. The largest absolute Gasteiger partial charge is 0.296 e. The number of amides is 1. The molecule has 0 atom stereocenters. The second-order valence-corrected chi connectivity index (χ2v) is 6.23. The molecule has 1 amide bonds. The monoisotopic (exact) mass is 336 g/mol. The lowest BCUT2D eigenvalue weighted by Gasteiger charge is -2.15. The van der Waals surface area contributed by atoms with Gasteiger partial charge in [-0.1, -0.05) is 30.1 Å². The molecule has 0 bridgehead atoms. The number of hydrogen-bond donors (Lipinski definition) is 1. The van der Waals surface area contributed by atoms with Crippen LogP contribution in [0.1, 0.15) is 19.8 Å². The number of halogens is 2. The fraction of sp³-hybridized carbons (Fsp3) is 0.273. The molecular weight excluding hydrogens is 327 g/mol. The van der Waals surface area contributed by atoms with Crippen LogP contribution in [0.4, 0.5) is 5.69 Å². The minimum absolute atomic E-state index is 0.156. The van der Waals surface area contributed by atoms with Crippen LogP contribution in [-0.4, -0.2) is 24.6 Å². The Kier molecular flexibility index (Phi) is 4.06. The van der Waals surface area contributed by atoms with E-state index in [9.17, 15) is 13.2 Å². The highest BCUT2D eigenvalue weighted by Gasteiger charge is 2.28. The molecule has 0 aromatic heterocycles. The van der Waals surface area contributed by atoms with Gasteiger partial charge >= 0.3 is 0 Å². The number of carbonyl (C=O) groups is 1. The van der Waals surface area contributed by atoms with E-state index in [1.165, 1.54) is 6.07 Å². The predicted molar refractivity (Wildman–Crippen MR) is 76.1 cm³/mol. The lowest BCUT2D eigenvalue weighted by Crippen LogP contribution is -2.20. The number of anilines is 1. The number of rotatable bonds is 3. The van der Waals surface area contributed by atoms with Gasteiger partial charge in [0.25, 0.3) is 16.0 Å². The second kappa shape index (κ2) is 5.33. The van der Waals surface area contributed by atoms with E-state index in [2.05, 4.69) is 5.10 Å². The highest BCUT2D eigenvalue weighted by atomic mass is 35.5. The number of hydrazone groups is 1. The third-order valence-electron chi connectivity index (χ3n) is 2.77. The summed E-state index contributed by atoms with van der Waals surface area (Å²) in [6, 6.07) is 2.35. The van der Waals surface area contributed by atoms with Crippen molar-refractivity contribution in [1.82, 2.24) is 0 Å². The van der Waals surface area contributed by atoms with Crippen molar-refractivity contribution < 1.29 is 17.8 Å². The zero-order valence-electron chi connectivity index (χ0n) is 10.3. The molecule has 6 nitrogen and oxygen atoms in total. The Morgan fingerprint density at radius 1 is 1.35 bits per heavy atom. The Morgan fingerprint density at radius 3 is 2.50 bits per heavy atom. The molecule has 1 aromatic carbocycles. The van der Waals surface area contributed by atoms with Crippen LogP contribution in [0.25, 0.3) is 0 Å². The maximum absolute atomic E-state index is 11.8. The number of carbonyl (C=O) groups excluding carboxylic acids is 1. The van der Waals surface area contributed by atoms with Gasteiger partial charge in [0, 0.05) is 5.71 Å². The molecule has 9 heteroatoms. The summed E-state index contributed by atoms with van der Waals surface area (Å²) in [5, 5.41) is 4.68. The highest BCUT2D eigenvalue weighted by molar-refractivity contribution is 7.86. The molecule has 0 spiro atoms. The maximum Gasteiger partial charge on any atom is 0.296 e. The van der Waals surface area contributed by atoms with Crippen LogP contribution >= 0.6 is 23.2 Å². The zero-order chi connectivity index (χ0) is 15.1. The smallest absolute Gasteiger partial charge is 0.282 e. The van der Waals surface area contributed by atoms with Crippen molar-refractivity contribution in [2.24, 2.45) is 5.10 Å². The highest BCUT2D eigenvalue weighted by Crippen LogP contribution is 2.38. The lowest BCUT2D eigenvalue weighted by molar-refractivity contribution is -0.116. The first-order chi connectivity index (χ1) is 9.25. The van der Waals surface area contributed by atoms with Gasteiger partial charge in [-0.15, -0.1) is 0 Å². The number of nitrogens with zero attached hydrogens (tertiary/aromatic N) is 2. The Morgan fingerprint density at radius 2 is 2.00 bits per heavy atom. The molecule has 0 saturated heterocycles. The molecule has 2 rings (SSSR count). The van der Waals surface area contributed by atoms with Crippen LogP contribution in [0.2, 0.25) is 10.0 Å². The fourth-order valence-corrected chi connectivity index (χ4v) is 3.07. The van der Waals surface area contributed by atoms with E-state index in [0.29, 0.717) is 12.1 Å². The average Bonchev–Trinajstić information content (AvgIpc) is 2.72. The standard InChI is InChI=1S/C11H10Cl2N2O4S/c1-2-6-5-9(16)15(14-6)7-3-4-8(20(17,18)19)11(13)10(7)12/h3-4H,2,5H2,1H3,(H,17,18,19). The van der Waals surface area contributed by atoms with E-state index in [1.54, 1.807) is 0 Å². The van der Waals surface area contributed by atoms with E-state index in [4.69, 9.17) is 27.8 Å². The maximum atomic E-state index is 11.8. The normalized spacial score (nSPS) is 15.7. The SMILES string of the molecule is CCC1=NN(c2ccc(S(=O)(=O)O)c(Cl)c2Cl)C(=O)C1. The summed E-state index contributed by atoms with van der Waals surface area (Å²) in [5.74, 6) is -0.278. The molecule has 0 saturated carbocycles. The Balaban J connectivity index is 2.54. The molecule has 0 radical (unpaired) electrons. The van der Waals surface area contributed by atoms with E-state index in [0.717, 1.165) is 11.1 Å². The lowest BCUT2D eigenvalue weighted by atomic mass is 10.2. The summed E-state index contributed by atoms with van der Waals surface area (Å²) in [7, 11) is -4.48. The Labute approximate surface area is 125 Å². The van der Waals surface area contributed by atoms with Crippen LogP contribution in [0.5, 0.6) is 0 Å². The summed E-state index contributed by atoms with van der Waals surface area (Å²) >= 11 is 11.8. The fourth-order valence-electron chi connectivity index (χ4n) is 1.75. The van der Waals surface area contributed by atoms with E-state index in [1.807, 2.05) is 6.92 Å². The predicted octanol–water partition coefficient (Wildman–Crippen LogP) is 2.74. The van der Waals surface area contributed by atoms with Gasteiger partial charge in [-0.05, 0) is 18.6 Å². The van der Waals surface area contributed by atoms with Crippen molar-refractivity contribution in [2.75, 3.05) is 5.01 Å². The van der Waals surface area contributed by atoms with Crippen molar-refractivity contribution >= 4 is 50.6 Å². The van der Waals surface area contributed by atoms with Gasteiger partial charge in [-0.25, -0.2) is 0 Å². The van der Waals surface area contributed by atoms with Gasteiger partial charge in [-0.3, -0.25) is 9.35 Å². The third-order valence-corrected chi connectivity index (χ3v) is 4.65. The Bertz CT molecular complexity index is 715. The first-order valence-corrected chi connectivity index (χ1v) is 7.80. The average molecular weight is 337 g/mol. The molecule has 1 heterocycles. The van der Waals surface area contributed by atoms with Crippen LogP contribution in [-0.2, 0) is 14.9 Å². The zero-order valence-corrected chi connectivity index (χ0v) is 12.6. The van der Waals surface area contributed by atoms with Crippen LogP contribution in [0.15, 0.2) is 22.1 Å². The Hall–Kier alpha value is -1.15. The van der Waals surface area contributed by atoms with Crippen molar-refractivity contribution in [3.63, 3.8) is 0 Å². The van der Waals surface area contributed by atoms with Gasteiger partial charge in [0.05, 0.1) is 22.2 Å². The summed E-state index contributed by atoms with van der Waals surface area (Å²) < 4.78 is 31.2. The molecule has 0 fully saturated rings. The first kappa shape index (κ1) is 15.2. The van der Waals surface area contributed by atoms with Crippen molar-refractivity contribution in [2.45, 2.75) is 24.7 Å². The molecule has 20 heavy (non-hydrogen) atoms. The van der Waals surface area contributed by atoms with E-state index < -0.39 is 15.0 Å². The molecule has 0 unspecified atom stereocenters. The topological polar surface area (TPSA) is 87.0 Å². The minimum Gasteiger partial charge on any atom is -0.282 e. The quantitative estimate of drug-likeness (QED) is 0.859. The van der Waals surface area contributed by atoms with Gasteiger partial charge in [0.2, 0.25) is 0 Å². The van der Waals surface area contributed by atoms with Crippen LogP contribution in [0.3, 0.4) is 0 Å². The molecule has 1 aliphatic heterocycles. The van der Waals surface area contributed by atoms with E-state index in [-0.39, 0.29) is 28.1 Å². The van der Waals surface area contributed by atoms with Gasteiger partial charge in [0.1, 0.15) is 4.90 Å². The molecule has 1 aromatic rings. The minimum atomic E-state index is -4.48. The summed E-state index contributed by atoms with van der Waals surface area (Å²) in [6.07, 6.45) is 0.807. The van der Waals surface area contributed by atoms with Gasteiger partial charge in [-0.2, -0.15) is 18.5 Å². The summed E-state index contributed by atoms with van der Waals surface area (Å²) in [6.45, 7) is 1.87. The molecule has 108 valence electrons. The van der Waals surface area contributed by atoms with Crippen LogP contribution in [0, 0.1) is 0 Å². The van der Waals surface area contributed by atoms with Crippen molar-refractivity contribution in [3.05, 3.63) is 22.2 Å².